The number of benzene rings is 6. The van der Waals surface area contributed by atoms with Gasteiger partial charge in [-0.1, -0.05) is 84.9 Å². The number of hydrogen-bond donors (Lipinski definition) is 3. The molecule has 6 aromatic rings. The van der Waals surface area contributed by atoms with Gasteiger partial charge in [-0.15, -0.1) is 0 Å². The molecule has 0 saturated heterocycles. The number of hydrogen-bond acceptors (Lipinski definition) is 6. The molecule has 0 aliphatic heterocycles. The van der Waals surface area contributed by atoms with Crippen LogP contribution in [-0.2, 0) is 9.60 Å². The topological polar surface area (TPSA) is 88.4 Å². The first-order chi connectivity index (χ1) is 21.9. The lowest BCUT2D eigenvalue weighted by Crippen LogP contribution is -2.28. The van der Waals surface area contributed by atoms with Gasteiger partial charge in [0, 0.05) is 6.26 Å². The first-order valence-corrected chi connectivity index (χ1v) is 16.8. The van der Waals surface area contributed by atoms with Crippen LogP contribution in [0.1, 0.15) is 22.3 Å². The van der Waals surface area contributed by atoms with Gasteiger partial charge in [-0.2, -0.15) is 0 Å². The third-order valence-electron chi connectivity index (χ3n) is 8.46. The molecule has 45 heavy (non-hydrogen) atoms. The monoisotopic (exact) mass is 618 g/mol. The fraction of sp³-hybridized carbons (Fsp3) is 0.158. The molecule has 1 aliphatic rings. The third kappa shape index (κ3) is 5.43. The van der Waals surface area contributed by atoms with Gasteiger partial charge in [-0.25, -0.2) is 0 Å². The fourth-order valence-electron chi connectivity index (χ4n) is 6.63. The van der Waals surface area contributed by atoms with Crippen LogP contribution in [0.3, 0.4) is 0 Å². The van der Waals surface area contributed by atoms with E-state index in [9.17, 15) is 14.2 Å². The Morgan fingerprint density at radius 3 is 1.53 bits per heavy atom. The molecule has 0 saturated carbocycles. The minimum absolute atomic E-state index is 0.0249. The molecule has 3 N–H and O–H groups in total. The van der Waals surface area contributed by atoms with E-state index in [-0.39, 0.29) is 26.4 Å². The number of ether oxygens (including phenoxy) is 2. The molecule has 6 nitrogen and oxygen atoms in total. The number of fused-ring (bicyclic) bond motifs is 5. The third-order valence-corrected chi connectivity index (χ3v) is 9.07. The van der Waals surface area contributed by atoms with Crippen LogP contribution in [0.5, 0.6) is 11.5 Å². The molecule has 1 aliphatic carbocycles. The van der Waals surface area contributed by atoms with Gasteiger partial charge in [0.25, 0.3) is 0 Å². The zero-order valence-electron chi connectivity index (χ0n) is 24.9. The number of aliphatic hydroxyl groups excluding tert-OH is 1. The molecule has 0 fully saturated rings. The van der Waals surface area contributed by atoms with Gasteiger partial charge in [-0.05, 0) is 91.3 Å². The normalized spacial score (nSPS) is 13.9. The van der Waals surface area contributed by atoms with Crippen LogP contribution in [0, 0.1) is 0 Å². The molecule has 7 heteroatoms. The van der Waals surface area contributed by atoms with E-state index in [0.717, 1.165) is 27.3 Å². The number of rotatable bonds is 10. The minimum Gasteiger partial charge on any atom is -0.491 e. The van der Waals surface area contributed by atoms with Crippen molar-refractivity contribution in [2.75, 3.05) is 32.7 Å². The summed E-state index contributed by atoms with van der Waals surface area (Å²) in [6, 6.07) is 42.8. The summed E-state index contributed by atoms with van der Waals surface area (Å²) in [4.78, 5) is 0. The summed E-state index contributed by atoms with van der Waals surface area (Å²) < 4.78 is 35.4. The van der Waals surface area contributed by atoms with Gasteiger partial charge >= 0.3 is 0 Å². The lowest BCUT2D eigenvalue weighted by molar-refractivity contribution is 0.201. The van der Waals surface area contributed by atoms with Crippen molar-refractivity contribution in [3.05, 3.63) is 144 Å². The second kappa shape index (κ2) is 11.9. The van der Waals surface area contributed by atoms with Crippen molar-refractivity contribution < 1.29 is 27.9 Å². The van der Waals surface area contributed by atoms with Crippen molar-refractivity contribution in [2.24, 2.45) is 0 Å². The summed E-state index contributed by atoms with van der Waals surface area (Å²) >= 11 is 0. The van der Waals surface area contributed by atoms with Crippen LogP contribution in [0.25, 0.3) is 32.7 Å². The van der Waals surface area contributed by atoms with E-state index < -0.39 is 16.3 Å². The molecular weight excluding hydrogens is 584 g/mol. The molecule has 0 radical (unpaired) electrons. The van der Waals surface area contributed by atoms with Crippen LogP contribution in [0.15, 0.2) is 121 Å². The molecule has 0 atom stereocenters. The highest BCUT2D eigenvalue weighted by Crippen LogP contribution is 2.56. The summed E-state index contributed by atoms with van der Waals surface area (Å²) in [7, 11) is -3.01. The average Bonchev–Trinajstić information content (AvgIpc) is 3.36. The summed E-state index contributed by atoms with van der Waals surface area (Å²) in [6.45, 7) is 0.530. The molecule has 0 heterocycles. The fourth-order valence-corrected chi connectivity index (χ4v) is 7.02. The predicted molar refractivity (Wildman–Crippen MR) is 182 cm³/mol. The zero-order chi connectivity index (χ0) is 31.0. The molecule has 0 bridgehead atoms. The Morgan fingerprint density at radius 2 is 1.02 bits per heavy atom. The van der Waals surface area contributed by atoms with E-state index in [1.165, 1.54) is 39.6 Å². The Morgan fingerprint density at radius 1 is 0.556 bits per heavy atom. The van der Waals surface area contributed by atoms with Crippen molar-refractivity contribution in [3.63, 3.8) is 0 Å². The van der Waals surface area contributed by atoms with Gasteiger partial charge in [0.2, 0.25) is 0 Å². The highest BCUT2D eigenvalue weighted by Gasteiger charge is 2.46. The van der Waals surface area contributed by atoms with Gasteiger partial charge in [0.05, 0.1) is 29.5 Å². The van der Waals surface area contributed by atoms with E-state index >= 15 is 0 Å². The second-order valence-corrected chi connectivity index (χ2v) is 13.1. The Bertz CT molecular complexity index is 1970. The zero-order valence-corrected chi connectivity index (χ0v) is 25.7. The van der Waals surface area contributed by atoms with Crippen LogP contribution in [0.4, 0.5) is 0 Å². The van der Waals surface area contributed by atoms with E-state index in [2.05, 4.69) is 97.1 Å². The predicted octanol–water partition coefficient (Wildman–Crippen LogP) is 8.42. The maximum atomic E-state index is 9.44. The molecular formula is C38H34O6S. The first kappa shape index (κ1) is 29.3. The average molecular weight is 619 g/mol. The molecule has 0 spiro atoms. The largest absolute Gasteiger partial charge is 0.491 e. The van der Waals surface area contributed by atoms with Gasteiger partial charge in [0.1, 0.15) is 24.7 Å². The second-order valence-electron chi connectivity index (χ2n) is 11.3. The lowest BCUT2D eigenvalue weighted by Gasteiger charge is -2.34. The van der Waals surface area contributed by atoms with Gasteiger partial charge < -0.3 is 23.7 Å². The van der Waals surface area contributed by atoms with E-state index in [1.807, 2.05) is 24.3 Å². The van der Waals surface area contributed by atoms with Gasteiger partial charge in [0.15, 0.2) is 0 Å². The van der Waals surface area contributed by atoms with E-state index in [0.29, 0.717) is 5.75 Å². The molecule has 7 rings (SSSR count). The van der Waals surface area contributed by atoms with Crippen LogP contribution in [0.2, 0.25) is 0 Å². The molecule has 228 valence electrons. The van der Waals surface area contributed by atoms with Crippen LogP contribution < -0.4 is 9.47 Å². The lowest BCUT2D eigenvalue weighted by atomic mass is 9.67. The quantitative estimate of drug-likeness (QED) is 0.133. The summed E-state index contributed by atoms with van der Waals surface area (Å²) in [5.41, 5.74) is 6.76. The smallest absolute Gasteiger partial charge is 0.120 e. The van der Waals surface area contributed by atoms with Crippen molar-refractivity contribution in [2.45, 2.75) is 5.41 Å². The van der Waals surface area contributed by atoms with Crippen LogP contribution >= 0.6 is 10.9 Å². The van der Waals surface area contributed by atoms with E-state index in [4.69, 9.17) is 13.7 Å². The number of aliphatic hydroxyl groups is 1. The molecule has 0 unspecified atom stereocenters. The maximum Gasteiger partial charge on any atom is 0.120 e. The Hall–Kier alpha value is -4.37. The minimum atomic E-state index is -3.01. The van der Waals surface area contributed by atoms with Crippen molar-refractivity contribution in [1.82, 2.24) is 0 Å². The highest BCUT2D eigenvalue weighted by molar-refractivity contribution is 8.19. The van der Waals surface area contributed by atoms with E-state index in [1.54, 1.807) is 0 Å². The Balaban J connectivity index is 1.35. The Labute approximate surface area is 264 Å². The highest BCUT2D eigenvalue weighted by atomic mass is 32.3. The molecule has 0 amide bonds. The SMILES string of the molecule is CS(O)(O)OCCOc1ccc2cc(C3(c4ccc5cc(OCCO)ccc5c4)c4ccccc4-c4ccccc43)ccc2c1. The summed E-state index contributed by atoms with van der Waals surface area (Å²) in [6.07, 6.45) is 1.25. The summed E-state index contributed by atoms with van der Waals surface area (Å²) in [5, 5.41) is 13.5. The Kier molecular flexibility index (Phi) is 7.73. The van der Waals surface area contributed by atoms with Crippen molar-refractivity contribution >= 4 is 32.4 Å². The molecule has 0 aromatic heterocycles. The van der Waals surface area contributed by atoms with Crippen molar-refractivity contribution in [1.29, 1.82) is 0 Å². The first-order valence-electron chi connectivity index (χ1n) is 14.9. The summed E-state index contributed by atoms with van der Waals surface area (Å²) in [5.74, 6) is 1.43. The molecule has 6 aromatic carbocycles. The van der Waals surface area contributed by atoms with Crippen LogP contribution in [-0.4, -0.2) is 46.9 Å². The van der Waals surface area contributed by atoms with Crippen molar-refractivity contribution in [3.8, 4) is 22.6 Å². The maximum absolute atomic E-state index is 9.44. The standard InChI is InChI=1S/C38H34O6S/c1-45(40,41)44-21-20-43-33-17-13-27-23-31(15-11-29(27)25-33)38(36-8-4-2-6-34(36)35-7-3-5-9-37(35)38)30-14-10-28-24-32(42-19-18-39)16-12-26(28)22-30/h2-17,22-25,39-41H,18-21H2,1H3. The van der Waals surface area contributed by atoms with Gasteiger partial charge in [-0.3, -0.25) is 4.18 Å².